The van der Waals surface area contributed by atoms with Crippen LogP contribution in [0.15, 0.2) is 53.9 Å². The summed E-state index contributed by atoms with van der Waals surface area (Å²) in [5.41, 5.74) is 2.18. The minimum absolute atomic E-state index is 0.220. The monoisotopic (exact) mass is 344 g/mol. The lowest BCUT2D eigenvalue weighted by Crippen LogP contribution is -2.11. The van der Waals surface area contributed by atoms with Gasteiger partial charge in [0.25, 0.3) is 5.91 Å². The summed E-state index contributed by atoms with van der Waals surface area (Å²) in [4.78, 5) is 16.6. The molecule has 0 unspecified atom stereocenters. The van der Waals surface area contributed by atoms with Crippen LogP contribution in [0.4, 0.5) is 5.13 Å². The largest absolute Gasteiger partial charge is 0.496 e. The van der Waals surface area contributed by atoms with Crippen molar-refractivity contribution in [3.8, 4) is 17.0 Å². The summed E-state index contributed by atoms with van der Waals surface area (Å²) in [6, 6.07) is 14.3. The van der Waals surface area contributed by atoms with Gasteiger partial charge in [0.15, 0.2) is 5.13 Å². The van der Waals surface area contributed by atoms with Crippen molar-refractivity contribution in [1.82, 2.24) is 4.98 Å². The number of thiazole rings is 1. The first-order valence-corrected chi connectivity index (χ1v) is 8.09. The molecule has 1 heterocycles. The summed E-state index contributed by atoms with van der Waals surface area (Å²) in [5.74, 6) is 0.524. The second-order valence-corrected chi connectivity index (χ2v) is 5.99. The summed E-state index contributed by atoms with van der Waals surface area (Å²) in [7, 11) is 1.62. The fraction of sp³-hybridized carbons (Fsp3) is 0.0588. The van der Waals surface area contributed by atoms with E-state index >= 15 is 0 Å². The molecule has 0 aliphatic heterocycles. The Hall–Kier alpha value is -2.37. The number of hydrogen-bond acceptors (Lipinski definition) is 4. The highest BCUT2D eigenvalue weighted by molar-refractivity contribution is 7.14. The molecule has 2 aromatic carbocycles. The highest BCUT2D eigenvalue weighted by Crippen LogP contribution is 2.31. The average molecular weight is 345 g/mol. The van der Waals surface area contributed by atoms with Crippen LogP contribution in [0.1, 0.15) is 10.4 Å². The van der Waals surface area contributed by atoms with Crippen molar-refractivity contribution in [2.45, 2.75) is 0 Å². The van der Waals surface area contributed by atoms with E-state index in [4.69, 9.17) is 16.3 Å². The van der Waals surface area contributed by atoms with Crippen LogP contribution in [0, 0.1) is 0 Å². The van der Waals surface area contributed by atoms with E-state index in [-0.39, 0.29) is 5.91 Å². The molecular formula is C17H13ClN2O2S. The fourth-order valence-electron chi connectivity index (χ4n) is 2.08. The van der Waals surface area contributed by atoms with E-state index in [1.54, 1.807) is 31.4 Å². The lowest BCUT2D eigenvalue weighted by Gasteiger charge is -2.05. The first kappa shape index (κ1) is 15.5. The molecule has 6 heteroatoms. The highest BCUT2D eigenvalue weighted by atomic mass is 35.5. The van der Waals surface area contributed by atoms with Crippen LogP contribution in [0.25, 0.3) is 11.3 Å². The molecule has 0 radical (unpaired) electrons. The molecule has 116 valence electrons. The minimum atomic E-state index is -0.220. The van der Waals surface area contributed by atoms with Gasteiger partial charge >= 0.3 is 0 Å². The number of amides is 1. The third-order valence-electron chi connectivity index (χ3n) is 3.21. The second kappa shape index (κ2) is 6.81. The van der Waals surface area contributed by atoms with Gasteiger partial charge in [0.1, 0.15) is 5.75 Å². The lowest BCUT2D eigenvalue weighted by molar-refractivity contribution is 0.102. The summed E-state index contributed by atoms with van der Waals surface area (Å²) < 4.78 is 5.34. The number of para-hydroxylation sites is 1. The molecule has 0 atom stereocenters. The van der Waals surface area contributed by atoms with Gasteiger partial charge in [-0.15, -0.1) is 11.3 Å². The third kappa shape index (κ3) is 3.52. The number of aromatic nitrogens is 1. The quantitative estimate of drug-likeness (QED) is 0.744. The van der Waals surface area contributed by atoms with E-state index in [0.29, 0.717) is 15.7 Å². The van der Waals surface area contributed by atoms with E-state index in [0.717, 1.165) is 17.0 Å². The zero-order valence-corrected chi connectivity index (χ0v) is 13.8. The predicted octanol–water partition coefficient (Wildman–Crippen LogP) is 4.72. The maximum atomic E-state index is 12.2. The van der Waals surface area contributed by atoms with E-state index in [9.17, 15) is 4.79 Å². The number of carbonyl (C=O) groups excluding carboxylic acids is 1. The molecule has 0 aliphatic carbocycles. The number of carbonyl (C=O) groups is 1. The average Bonchev–Trinajstić information content (AvgIpc) is 3.03. The van der Waals surface area contributed by atoms with Crippen LogP contribution in [0.2, 0.25) is 5.02 Å². The summed E-state index contributed by atoms with van der Waals surface area (Å²) >= 11 is 7.19. The number of anilines is 1. The van der Waals surface area contributed by atoms with Gasteiger partial charge in [-0.2, -0.15) is 0 Å². The van der Waals surface area contributed by atoms with E-state index in [1.165, 1.54) is 11.3 Å². The maximum Gasteiger partial charge on any atom is 0.257 e. The SMILES string of the molecule is COc1ccccc1-c1csc(NC(=O)c2ccc(Cl)cc2)n1. The molecule has 1 aromatic heterocycles. The van der Waals surface area contributed by atoms with Gasteiger partial charge < -0.3 is 4.74 Å². The molecule has 0 saturated carbocycles. The number of nitrogens with one attached hydrogen (secondary N) is 1. The van der Waals surface area contributed by atoms with Crippen molar-refractivity contribution in [1.29, 1.82) is 0 Å². The standard InChI is InChI=1S/C17H13ClN2O2S/c1-22-15-5-3-2-4-13(15)14-10-23-17(19-14)20-16(21)11-6-8-12(18)9-7-11/h2-10H,1H3,(H,19,20,21). The van der Waals surface area contributed by atoms with Gasteiger partial charge in [0.2, 0.25) is 0 Å². The van der Waals surface area contributed by atoms with Crippen LogP contribution >= 0.6 is 22.9 Å². The minimum Gasteiger partial charge on any atom is -0.496 e. The number of rotatable bonds is 4. The normalized spacial score (nSPS) is 10.3. The molecule has 23 heavy (non-hydrogen) atoms. The van der Waals surface area contributed by atoms with Gasteiger partial charge in [-0.1, -0.05) is 23.7 Å². The number of ether oxygens (including phenoxy) is 1. The number of nitrogens with zero attached hydrogens (tertiary/aromatic N) is 1. The molecule has 0 spiro atoms. The van der Waals surface area contributed by atoms with Crippen molar-refractivity contribution in [3.05, 3.63) is 64.5 Å². The Balaban J connectivity index is 1.79. The smallest absolute Gasteiger partial charge is 0.257 e. The Morgan fingerprint density at radius 2 is 1.91 bits per heavy atom. The van der Waals surface area contributed by atoms with Crippen molar-refractivity contribution in [2.75, 3.05) is 12.4 Å². The number of methoxy groups -OCH3 is 1. The molecule has 3 rings (SSSR count). The van der Waals surface area contributed by atoms with Crippen LogP contribution < -0.4 is 10.1 Å². The van der Waals surface area contributed by atoms with Gasteiger partial charge in [0.05, 0.1) is 12.8 Å². The van der Waals surface area contributed by atoms with Crippen molar-refractivity contribution < 1.29 is 9.53 Å². The van der Waals surface area contributed by atoms with Crippen LogP contribution in [0.3, 0.4) is 0 Å². The molecule has 0 bridgehead atoms. The number of halogens is 1. The molecule has 0 saturated heterocycles. The van der Waals surface area contributed by atoms with Gasteiger partial charge in [0, 0.05) is 21.5 Å². The van der Waals surface area contributed by atoms with Gasteiger partial charge in [-0.3, -0.25) is 10.1 Å². The van der Waals surface area contributed by atoms with Crippen molar-refractivity contribution in [2.24, 2.45) is 0 Å². The second-order valence-electron chi connectivity index (χ2n) is 4.70. The zero-order chi connectivity index (χ0) is 16.2. The summed E-state index contributed by atoms with van der Waals surface area (Å²) in [6.07, 6.45) is 0. The predicted molar refractivity (Wildman–Crippen MR) is 93.5 cm³/mol. The van der Waals surface area contributed by atoms with E-state index in [1.807, 2.05) is 29.6 Å². The molecule has 0 aliphatic rings. The zero-order valence-electron chi connectivity index (χ0n) is 12.2. The van der Waals surface area contributed by atoms with Crippen molar-refractivity contribution >= 4 is 34.0 Å². The topological polar surface area (TPSA) is 51.2 Å². The Morgan fingerprint density at radius 3 is 2.65 bits per heavy atom. The molecule has 4 nitrogen and oxygen atoms in total. The first-order valence-electron chi connectivity index (χ1n) is 6.83. The van der Waals surface area contributed by atoms with Crippen LogP contribution in [0.5, 0.6) is 5.75 Å². The Labute approximate surface area is 142 Å². The summed E-state index contributed by atoms with van der Waals surface area (Å²) in [5, 5.41) is 5.80. The Kier molecular flexibility index (Phi) is 4.60. The third-order valence-corrected chi connectivity index (χ3v) is 4.22. The van der Waals surface area contributed by atoms with E-state index in [2.05, 4.69) is 10.3 Å². The maximum absolute atomic E-state index is 12.2. The summed E-state index contributed by atoms with van der Waals surface area (Å²) in [6.45, 7) is 0. The van der Waals surface area contributed by atoms with Crippen molar-refractivity contribution in [3.63, 3.8) is 0 Å². The van der Waals surface area contributed by atoms with Crippen LogP contribution in [-0.4, -0.2) is 18.0 Å². The Bertz CT molecular complexity index is 831. The fourth-order valence-corrected chi connectivity index (χ4v) is 2.91. The molecular weight excluding hydrogens is 332 g/mol. The van der Waals surface area contributed by atoms with Gasteiger partial charge in [-0.25, -0.2) is 4.98 Å². The van der Waals surface area contributed by atoms with Crippen LogP contribution in [-0.2, 0) is 0 Å². The molecule has 0 fully saturated rings. The number of hydrogen-bond donors (Lipinski definition) is 1. The molecule has 1 amide bonds. The first-order chi connectivity index (χ1) is 11.2. The van der Waals surface area contributed by atoms with Gasteiger partial charge in [-0.05, 0) is 36.4 Å². The van der Waals surface area contributed by atoms with E-state index < -0.39 is 0 Å². The number of benzene rings is 2. The molecule has 1 N–H and O–H groups in total. The lowest BCUT2D eigenvalue weighted by atomic mass is 10.1. The Morgan fingerprint density at radius 1 is 1.17 bits per heavy atom. The highest BCUT2D eigenvalue weighted by Gasteiger charge is 2.12. The molecule has 3 aromatic rings.